The van der Waals surface area contributed by atoms with Gasteiger partial charge in [-0.15, -0.1) is 0 Å². The third-order valence-electron chi connectivity index (χ3n) is 5.13. The van der Waals surface area contributed by atoms with Crippen LogP contribution in [0.5, 0.6) is 17.4 Å². The van der Waals surface area contributed by atoms with Crippen molar-refractivity contribution in [1.82, 2.24) is 19.3 Å². The van der Waals surface area contributed by atoms with Crippen LogP contribution < -0.4 is 20.5 Å². The number of rotatable bonds is 6. The van der Waals surface area contributed by atoms with E-state index in [0.29, 0.717) is 29.6 Å². The second kappa shape index (κ2) is 9.03. The number of carbonyl (C=O) groups excluding carboxylic acids is 1. The molecule has 2 aromatic heterocycles. The molecule has 0 fully saturated rings. The van der Waals surface area contributed by atoms with Gasteiger partial charge in [-0.3, -0.25) is 9.36 Å². The number of carbonyl (C=O) groups is 1. The van der Waals surface area contributed by atoms with Crippen LogP contribution in [0.2, 0.25) is 0 Å². The molecule has 3 aromatic rings. The molecule has 0 bridgehead atoms. The molecule has 1 aliphatic rings. The van der Waals surface area contributed by atoms with Crippen LogP contribution in [0.4, 0.5) is 5.69 Å². The zero-order valence-corrected chi connectivity index (χ0v) is 17.6. The number of methoxy groups -OCH3 is 1. The van der Waals surface area contributed by atoms with Crippen LogP contribution in [-0.4, -0.2) is 32.3 Å². The van der Waals surface area contributed by atoms with Crippen molar-refractivity contribution in [1.29, 1.82) is 0 Å². The van der Waals surface area contributed by atoms with Gasteiger partial charge in [0.15, 0.2) is 11.5 Å². The lowest BCUT2D eigenvalue weighted by Crippen LogP contribution is -2.30. The minimum absolute atomic E-state index is 0.141. The Morgan fingerprint density at radius 3 is 2.81 bits per heavy atom. The first-order valence-electron chi connectivity index (χ1n) is 10.3. The predicted octanol–water partition coefficient (Wildman–Crippen LogP) is 2.91. The quantitative estimate of drug-likeness (QED) is 0.654. The lowest BCUT2D eigenvalue weighted by molar-refractivity contribution is -0.117. The van der Waals surface area contributed by atoms with Gasteiger partial charge in [-0.1, -0.05) is 12.5 Å². The molecular weight excluding hydrogens is 398 g/mol. The molecule has 0 atom stereocenters. The monoisotopic (exact) mass is 423 g/mol. The summed E-state index contributed by atoms with van der Waals surface area (Å²) in [4.78, 5) is 29.1. The number of hydrogen-bond acceptors (Lipinski definition) is 6. The highest BCUT2D eigenvalue weighted by Gasteiger charge is 2.17. The largest absolute Gasteiger partial charge is 0.493 e. The molecule has 1 aliphatic heterocycles. The molecule has 0 saturated carbocycles. The molecule has 3 heterocycles. The standard InChI is InChI=1S/C22H25N5O4/c1-15-7-9-17(18(12-15)30-2)31-21-10-8-16(13-23-21)24-20(28)14-27-22(29)26-11-5-3-4-6-19(26)25-27/h7-10,12-13H,3-6,11,14H2,1-2H3,(H,24,28). The second-order valence-electron chi connectivity index (χ2n) is 7.51. The first-order chi connectivity index (χ1) is 15.0. The van der Waals surface area contributed by atoms with Crippen LogP contribution in [0.3, 0.4) is 0 Å². The maximum absolute atomic E-state index is 12.5. The summed E-state index contributed by atoms with van der Waals surface area (Å²) in [6.07, 6.45) is 5.32. The molecule has 1 aromatic carbocycles. The van der Waals surface area contributed by atoms with E-state index in [-0.39, 0.29) is 18.1 Å². The van der Waals surface area contributed by atoms with Gasteiger partial charge in [-0.05, 0) is 43.5 Å². The Morgan fingerprint density at radius 1 is 1.16 bits per heavy atom. The maximum Gasteiger partial charge on any atom is 0.346 e. The molecule has 0 radical (unpaired) electrons. The summed E-state index contributed by atoms with van der Waals surface area (Å²) in [5, 5.41) is 7.07. The van der Waals surface area contributed by atoms with Crippen molar-refractivity contribution in [2.24, 2.45) is 0 Å². The van der Waals surface area contributed by atoms with E-state index in [1.54, 1.807) is 23.8 Å². The minimum atomic E-state index is -0.342. The van der Waals surface area contributed by atoms with E-state index >= 15 is 0 Å². The van der Waals surface area contributed by atoms with Crippen molar-refractivity contribution in [2.45, 2.75) is 45.7 Å². The van der Waals surface area contributed by atoms with E-state index in [1.807, 2.05) is 25.1 Å². The number of benzene rings is 1. The molecule has 31 heavy (non-hydrogen) atoms. The van der Waals surface area contributed by atoms with Crippen LogP contribution in [0, 0.1) is 6.92 Å². The summed E-state index contributed by atoms with van der Waals surface area (Å²) in [6, 6.07) is 8.95. The third-order valence-corrected chi connectivity index (χ3v) is 5.13. The van der Waals surface area contributed by atoms with Crippen LogP contribution in [-0.2, 0) is 24.3 Å². The third kappa shape index (κ3) is 4.76. The van der Waals surface area contributed by atoms with Crippen LogP contribution in [0.1, 0.15) is 30.7 Å². The topological polar surface area (TPSA) is 100 Å². The van der Waals surface area contributed by atoms with E-state index in [9.17, 15) is 9.59 Å². The Kier molecular flexibility index (Phi) is 6.01. The number of amides is 1. The van der Waals surface area contributed by atoms with Crippen molar-refractivity contribution < 1.29 is 14.3 Å². The fraction of sp³-hybridized carbons (Fsp3) is 0.364. The molecule has 162 valence electrons. The van der Waals surface area contributed by atoms with Crippen molar-refractivity contribution in [3.63, 3.8) is 0 Å². The number of aromatic nitrogens is 4. The van der Waals surface area contributed by atoms with E-state index in [2.05, 4.69) is 15.4 Å². The van der Waals surface area contributed by atoms with Crippen LogP contribution in [0.15, 0.2) is 41.3 Å². The molecule has 1 N–H and O–H groups in total. The predicted molar refractivity (Wildman–Crippen MR) is 115 cm³/mol. The fourth-order valence-corrected chi connectivity index (χ4v) is 3.55. The van der Waals surface area contributed by atoms with Gasteiger partial charge in [0, 0.05) is 19.0 Å². The van der Waals surface area contributed by atoms with Crippen molar-refractivity contribution >= 4 is 11.6 Å². The van der Waals surface area contributed by atoms with Gasteiger partial charge in [-0.25, -0.2) is 14.5 Å². The Bertz CT molecular complexity index is 1130. The number of nitrogens with one attached hydrogen (secondary N) is 1. The SMILES string of the molecule is COc1cc(C)ccc1Oc1ccc(NC(=O)Cn2nc3n(c2=O)CCCCC3)cn1. The number of hydrogen-bond donors (Lipinski definition) is 1. The maximum atomic E-state index is 12.5. The van der Waals surface area contributed by atoms with Crippen LogP contribution >= 0.6 is 0 Å². The van der Waals surface area contributed by atoms with Crippen molar-refractivity contribution in [3.05, 3.63) is 58.4 Å². The number of ether oxygens (including phenoxy) is 2. The van der Waals surface area contributed by atoms with Gasteiger partial charge in [0.05, 0.1) is 19.0 Å². The van der Waals surface area contributed by atoms with E-state index in [0.717, 1.165) is 37.1 Å². The first-order valence-corrected chi connectivity index (χ1v) is 10.3. The van der Waals surface area contributed by atoms with E-state index < -0.39 is 0 Å². The zero-order valence-electron chi connectivity index (χ0n) is 17.6. The first kappa shape index (κ1) is 20.6. The smallest absolute Gasteiger partial charge is 0.346 e. The molecule has 9 heteroatoms. The van der Waals surface area contributed by atoms with Gasteiger partial charge in [0.1, 0.15) is 12.4 Å². The van der Waals surface area contributed by atoms with Gasteiger partial charge in [0.2, 0.25) is 11.8 Å². The normalized spacial score (nSPS) is 13.2. The summed E-state index contributed by atoms with van der Waals surface area (Å²) in [5.41, 5.74) is 1.33. The summed E-state index contributed by atoms with van der Waals surface area (Å²) in [6.45, 7) is 2.49. The van der Waals surface area contributed by atoms with Gasteiger partial charge in [0.25, 0.3) is 0 Å². The highest BCUT2D eigenvalue weighted by atomic mass is 16.5. The number of nitrogens with zero attached hydrogens (tertiary/aromatic N) is 4. The van der Waals surface area contributed by atoms with Crippen LogP contribution in [0.25, 0.3) is 0 Å². The number of anilines is 1. The molecule has 9 nitrogen and oxygen atoms in total. The molecule has 4 rings (SSSR count). The molecule has 0 spiro atoms. The molecule has 0 unspecified atom stereocenters. The van der Waals surface area contributed by atoms with Gasteiger partial charge < -0.3 is 14.8 Å². The molecule has 0 aliphatic carbocycles. The highest BCUT2D eigenvalue weighted by molar-refractivity contribution is 5.90. The zero-order chi connectivity index (χ0) is 21.8. The Morgan fingerprint density at radius 2 is 2.03 bits per heavy atom. The molecule has 1 amide bonds. The minimum Gasteiger partial charge on any atom is -0.493 e. The average molecular weight is 423 g/mol. The fourth-order valence-electron chi connectivity index (χ4n) is 3.55. The second-order valence-corrected chi connectivity index (χ2v) is 7.51. The number of pyridine rings is 1. The number of aryl methyl sites for hydroxylation is 2. The van der Waals surface area contributed by atoms with E-state index in [1.165, 1.54) is 10.9 Å². The Balaban J connectivity index is 1.39. The molecule has 0 saturated heterocycles. The van der Waals surface area contributed by atoms with Gasteiger partial charge in [-0.2, -0.15) is 5.10 Å². The summed E-state index contributed by atoms with van der Waals surface area (Å²) in [5.74, 6) is 1.95. The van der Waals surface area contributed by atoms with E-state index in [4.69, 9.17) is 9.47 Å². The molecular formula is C22H25N5O4. The average Bonchev–Trinajstić information content (AvgIpc) is 2.92. The highest BCUT2D eigenvalue weighted by Crippen LogP contribution is 2.31. The number of fused-ring (bicyclic) bond motifs is 1. The Hall–Kier alpha value is -3.62. The summed E-state index contributed by atoms with van der Waals surface area (Å²) in [7, 11) is 1.58. The lowest BCUT2D eigenvalue weighted by Gasteiger charge is -2.11. The van der Waals surface area contributed by atoms with Crippen molar-refractivity contribution in [3.8, 4) is 17.4 Å². The van der Waals surface area contributed by atoms with Crippen molar-refractivity contribution in [2.75, 3.05) is 12.4 Å². The van der Waals surface area contributed by atoms with Gasteiger partial charge >= 0.3 is 5.69 Å². The summed E-state index contributed by atoms with van der Waals surface area (Å²) >= 11 is 0. The lowest BCUT2D eigenvalue weighted by atomic mass is 10.2. The Labute approximate surface area is 179 Å². The summed E-state index contributed by atoms with van der Waals surface area (Å²) < 4.78 is 14.0.